The van der Waals surface area contributed by atoms with Gasteiger partial charge in [-0.05, 0) is 48.9 Å². The predicted octanol–water partition coefficient (Wildman–Crippen LogP) is 3.79. The van der Waals surface area contributed by atoms with Gasteiger partial charge in [-0.2, -0.15) is 8.78 Å². The molecule has 0 saturated heterocycles. The van der Waals surface area contributed by atoms with Gasteiger partial charge in [0.2, 0.25) is 5.91 Å². The highest BCUT2D eigenvalue weighted by atomic mass is 19.3. The van der Waals surface area contributed by atoms with Crippen molar-refractivity contribution in [3.8, 4) is 5.75 Å². The quantitative estimate of drug-likeness (QED) is 0.850. The molecule has 0 bridgehead atoms. The third-order valence-electron chi connectivity index (χ3n) is 2.93. The molecule has 4 nitrogen and oxygen atoms in total. The number of carbonyl (C=O) groups excluding carboxylic acids is 1. The first kappa shape index (κ1) is 16.7. The van der Waals surface area contributed by atoms with E-state index in [9.17, 15) is 18.0 Å². The van der Waals surface area contributed by atoms with Gasteiger partial charge in [-0.25, -0.2) is 4.39 Å². The maximum Gasteiger partial charge on any atom is 0.387 e. The Kier molecular flexibility index (Phi) is 5.46. The summed E-state index contributed by atoms with van der Waals surface area (Å²) in [5.74, 6) is -0.836. The van der Waals surface area contributed by atoms with Crippen molar-refractivity contribution in [2.45, 2.75) is 13.5 Å². The maximum atomic E-state index is 13.6. The van der Waals surface area contributed by atoms with E-state index in [1.165, 1.54) is 30.3 Å². The molecule has 2 N–H and O–H groups in total. The monoisotopic (exact) mass is 324 g/mol. The number of rotatable bonds is 6. The Bertz CT molecular complexity index is 676. The second-order valence-corrected chi connectivity index (χ2v) is 4.79. The fourth-order valence-corrected chi connectivity index (χ4v) is 1.86. The molecule has 0 aliphatic carbocycles. The summed E-state index contributed by atoms with van der Waals surface area (Å²) in [5, 5.41) is 5.24. The number of ether oxygens (including phenoxy) is 1. The molecule has 7 heteroatoms. The molecule has 0 heterocycles. The van der Waals surface area contributed by atoms with E-state index in [2.05, 4.69) is 15.4 Å². The minimum absolute atomic E-state index is 0.00199. The van der Waals surface area contributed by atoms with Gasteiger partial charge in [-0.15, -0.1) is 0 Å². The summed E-state index contributed by atoms with van der Waals surface area (Å²) in [4.78, 5) is 11.8. The SMILES string of the molecule is Cc1ccc(NCC(=O)Nc2ccc(OC(F)F)cc2)c(F)c1. The minimum Gasteiger partial charge on any atom is -0.435 e. The van der Waals surface area contributed by atoms with E-state index >= 15 is 0 Å². The standard InChI is InChI=1S/C16H15F3N2O2/c1-10-2-7-14(13(17)8-10)20-9-15(22)21-11-3-5-12(6-4-11)23-16(18)19/h2-8,16,20H,9H2,1H3,(H,21,22). The summed E-state index contributed by atoms with van der Waals surface area (Å²) in [7, 11) is 0. The fourth-order valence-electron chi connectivity index (χ4n) is 1.86. The molecule has 0 atom stereocenters. The van der Waals surface area contributed by atoms with E-state index < -0.39 is 18.3 Å². The lowest BCUT2D eigenvalue weighted by Crippen LogP contribution is -2.22. The number of hydrogen-bond donors (Lipinski definition) is 2. The van der Waals surface area contributed by atoms with E-state index in [1.54, 1.807) is 19.1 Å². The largest absolute Gasteiger partial charge is 0.435 e. The molecule has 2 rings (SSSR count). The van der Waals surface area contributed by atoms with Crippen molar-refractivity contribution in [1.29, 1.82) is 0 Å². The molecule has 0 saturated carbocycles. The first-order valence-corrected chi connectivity index (χ1v) is 6.79. The van der Waals surface area contributed by atoms with E-state index in [-0.39, 0.29) is 18.0 Å². The summed E-state index contributed by atoms with van der Waals surface area (Å²) < 4.78 is 41.8. The van der Waals surface area contributed by atoms with Crippen LogP contribution in [0.5, 0.6) is 5.75 Å². The van der Waals surface area contributed by atoms with E-state index in [0.717, 1.165) is 5.56 Å². The summed E-state index contributed by atoms with van der Waals surface area (Å²) in [6.07, 6.45) is 0. The molecule has 1 amide bonds. The van der Waals surface area contributed by atoms with Gasteiger partial charge in [0.15, 0.2) is 0 Å². The Morgan fingerprint density at radius 3 is 2.48 bits per heavy atom. The summed E-state index contributed by atoms with van der Waals surface area (Å²) in [5.41, 5.74) is 1.43. The number of nitrogens with one attached hydrogen (secondary N) is 2. The Morgan fingerprint density at radius 2 is 1.87 bits per heavy atom. The van der Waals surface area contributed by atoms with Crippen LogP contribution in [0.3, 0.4) is 0 Å². The molecule has 2 aromatic carbocycles. The minimum atomic E-state index is -2.90. The topological polar surface area (TPSA) is 50.4 Å². The van der Waals surface area contributed by atoms with Crippen LogP contribution in [0.25, 0.3) is 0 Å². The van der Waals surface area contributed by atoms with Crippen LogP contribution in [0.2, 0.25) is 0 Å². The lowest BCUT2D eigenvalue weighted by molar-refractivity contribution is -0.114. The van der Waals surface area contributed by atoms with Crippen LogP contribution in [0.1, 0.15) is 5.56 Å². The van der Waals surface area contributed by atoms with E-state index in [0.29, 0.717) is 5.69 Å². The third kappa shape index (κ3) is 5.21. The molecular formula is C16H15F3N2O2. The molecule has 122 valence electrons. The number of carbonyl (C=O) groups is 1. The maximum absolute atomic E-state index is 13.6. The average Bonchev–Trinajstić information content (AvgIpc) is 2.48. The molecule has 2 aromatic rings. The molecular weight excluding hydrogens is 309 g/mol. The smallest absolute Gasteiger partial charge is 0.387 e. The predicted molar refractivity (Wildman–Crippen MR) is 81.3 cm³/mol. The first-order chi connectivity index (χ1) is 10.9. The lowest BCUT2D eigenvalue weighted by atomic mass is 10.2. The zero-order chi connectivity index (χ0) is 16.8. The van der Waals surface area contributed by atoms with Gasteiger partial charge < -0.3 is 15.4 Å². The van der Waals surface area contributed by atoms with Crippen LogP contribution >= 0.6 is 0 Å². The highest BCUT2D eigenvalue weighted by molar-refractivity contribution is 5.93. The number of amides is 1. The lowest BCUT2D eigenvalue weighted by Gasteiger charge is -2.10. The Morgan fingerprint density at radius 1 is 1.17 bits per heavy atom. The highest BCUT2D eigenvalue weighted by Gasteiger charge is 2.07. The first-order valence-electron chi connectivity index (χ1n) is 6.79. The second kappa shape index (κ2) is 7.53. The zero-order valence-corrected chi connectivity index (χ0v) is 12.3. The van der Waals surface area contributed by atoms with Crippen LogP contribution in [0.4, 0.5) is 24.5 Å². The van der Waals surface area contributed by atoms with Crippen molar-refractivity contribution >= 4 is 17.3 Å². The van der Waals surface area contributed by atoms with Crippen molar-refractivity contribution in [2.75, 3.05) is 17.2 Å². The molecule has 0 spiro atoms. The van der Waals surface area contributed by atoms with E-state index in [4.69, 9.17) is 0 Å². The van der Waals surface area contributed by atoms with Crippen molar-refractivity contribution in [2.24, 2.45) is 0 Å². The van der Waals surface area contributed by atoms with Gasteiger partial charge in [0.25, 0.3) is 0 Å². The Hall–Kier alpha value is -2.70. The van der Waals surface area contributed by atoms with Gasteiger partial charge >= 0.3 is 6.61 Å². The molecule has 0 fully saturated rings. The normalized spacial score (nSPS) is 10.5. The number of benzene rings is 2. The molecule has 0 aromatic heterocycles. The van der Waals surface area contributed by atoms with Crippen LogP contribution in [0.15, 0.2) is 42.5 Å². The number of anilines is 2. The van der Waals surface area contributed by atoms with Crippen molar-refractivity contribution < 1.29 is 22.7 Å². The third-order valence-corrected chi connectivity index (χ3v) is 2.93. The van der Waals surface area contributed by atoms with Gasteiger partial charge in [0.05, 0.1) is 12.2 Å². The van der Waals surface area contributed by atoms with Gasteiger partial charge in [-0.1, -0.05) is 6.07 Å². The zero-order valence-electron chi connectivity index (χ0n) is 12.3. The van der Waals surface area contributed by atoms with Crippen molar-refractivity contribution in [3.05, 3.63) is 53.8 Å². The summed E-state index contributed by atoms with van der Waals surface area (Å²) >= 11 is 0. The number of halogens is 3. The number of hydrogen-bond acceptors (Lipinski definition) is 3. The van der Waals surface area contributed by atoms with Crippen LogP contribution < -0.4 is 15.4 Å². The summed E-state index contributed by atoms with van der Waals surface area (Å²) in [6.45, 7) is -1.26. The summed E-state index contributed by atoms with van der Waals surface area (Å²) in [6, 6.07) is 10.1. The van der Waals surface area contributed by atoms with Crippen LogP contribution in [-0.4, -0.2) is 19.1 Å². The molecule has 0 radical (unpaired) electrons. The molecule has 0 unspecified atom stereocenters. The van der Waals surface area contributed by atoms with Crippen LogP contribution in [-0.2, 0) is 4.79 Å². The Labute approximate surface area is 131 Å². The Balaban J connectivity index is 1.87. The molecule has 0 aliphatic heterocycles. The van der Waals surface area contributed by atoms with Gasteiger partial charge in [-0.3, -0.25) is 4.79 Å². The van der Waals surface area contributed by atoms with E-state index in [1.807, 2.05) is 0 Å². The second-order valence-electron chi connectivity index (χ2n) is 4.79. The fraction of sp³-hybridized carbons (Fsp3) is 0.188. The van der Waals surface area contributed by atoms with Gasteiger partial charge in [0, 0.05) is 5.69 Å². The number of alkyl halides is 2. The van der Waals surface area contributed by atoms with Crippen molar-refractivity contribution in [1.82, 2.24) is 0 Å². The average molecular weight is 324 g/mol. The van der Waals surface area contributed by atoms with Gasteiger partial charge in [0.1, 0.15) is 11.6 Å². The van der Waals surface area contributed by atoms with Crippen LogP contribution in [0, 0.1) is 12.7 Å². The highest BCUT2D eigenvalue weighted by Crippen LogP contribution is 2.18. The number of aryl methyl sites for hydroxylation is 1. The molecule has 23 heavy (non-hydrogen) atoms. The molecule has 0 aliphatic rings. The van der Waals surface area contributed by atoms with Crippen molar-refractivity contribution in [3.63, 3.8) is 0 Å².